The summed E-state index contributed by atoms with van der Waals surface area (Å²) in [5.74, 6) is -0.700. The number of nitrogens with two attached hydrogens (primary N) is 1. The summed E-state index contributed by atoms with van der Waals surface area (Å²) in [6.45, 7) is 1.62. The molecule has 0 aliphatic carbocycles. The van der Waals surface area contributed by atoms with E-state index in [1.165, 1.54) is 0 Å². The maximum Gasteiger partial charge on any atom is 0.341 e. The molecule has 1 aromatic heterocycles. The Kier molecular flexibility index (Phi) is 3.02. The molecule has 1 heterocycles. The Hall–Kier alpha value is -2.95. The highest BCUT2D eigenvalue weighted by molar-refractivity contribution is 5.94. The summed E-state index contributed by atoms with van der Waals surface area (Å²) >= 11 is 0. The predicted molar refractivity (Wildman–Crippen MR) is 81.1 cm³/mol. The van der Waals surface area contributed by atoms with Crippen LogP contribution in [0.15, 0.2) is 42.5 Å². The van der Waals surface area contributed by atoms with Crippen LogP contribution in [0.1, 0.15) is 16.1 Å². The molecule has 0 atom stereocenters. The fourth-order valence-corrected chi connectivity index (χ4v) is 2.32. The first kappa shape index (κ1) is 13.1. The van der Waals surface area contributed by atoms with Gasteiger partial charge in [-0.2, -0.15) is 0 Å². The van der Waals surface area contributed by atoms with E-state index in [0.29, 0.717) is 11.5 Å². The first-order valence-corrected chi connectivity index (χ1v) is 6.43. The smallest absolute Gasteiger partial charge is 0.341 e. The summed E-state index contributed by atoms with van der Waals surface area (Å²) in [6.07, 6.45) is 0. The Labute approximate surface area is 121 Å². The van der Waals surface area contributed by atoms with Gasteiger partial charge in [-0.05, 0) is 23.8 Å². The van der Waals surface area contributed by atoms with Gasteiger partial charge in [0.25, 0.3) is 0 Å². The van der Waals surface area contributed by atoms with Crippen LogP contribution < -0.4 is 5.73 Å². The molecule has 0 radical (unpaired) electrons. The number of aromatic nitrogens is 2. The second-order valence-corrected chi connectivity index (χ2v) is 4.76. The molecule has 3 aromatic rings. The van der Waals surface area contributed by atoms with Gasteiger partial charge < -0.3 is 10.8 Å². The van der Waals surface area contributed by atoms with E-state index in [9.17, 15) is 4.79 Å². The summed E-state index contributed by atoms with van der Waals surface area (Å²) in [6, 6.07) is 13.8. The molecule has 0 saturated heterocycles. The van der Waals surface area contributed by atoms with E-state index in [-0.39, 0.29) is 11.4 Å². The van der Waals surface area contributed by atoms with E-state index < -0.39 is 5.97 Å². The number of fused-ring (bicyclic) bond motifs is 1. The van der Waals surface area contributed by atoms with Crippen LogP contribution in [-0.4, -0.2) is 21.0 Å². The fraction of sp³-hybridized carbons (Fsp3) is 0.0625. The number of aryl methyl sites for hydroxylation is 1. The lowest BCUT2D eigenvalue weighted by molar-refractivity contribution is 0.0696. The molecule has 0 aliphatic heterocycles. The van der Waals surface area contributed by atoms with Crippen molar-refractivity contribution in [1.82, 2.24) is 9.97 Å². The number of hydrogen-bond donors (Lipinski definition) is 2. The zero-order chi connectivity index (χ0) is 15.0. The lowest BCUT2D eigenvalue weighted by Crippen LogP contribution is -2.10. The van der Waals surface area contributed by atoms with Crippen LogP contribution in [0.3, 0.4) is 0 Å². The first-order valence-electron chi connectivity index (χ1n) is 6.43. The number of anilines is 1. The van der Waals surface area contributed by atoms with Crippen molar-refractivity contribution in [2.24, 2.45) is 0 Å². The van der Waals surface area contributed by atoms with Crippen LogP contribution in [0, 0.1) is 6.92 Å². The average molecular weight is 279 g/mol. The number of benzene rings is 2. The van der Waals surface area contributed by atoms with E-state index in [1.807, 2.05) is 42.5 Å². The van der Waals surface area contributed by atoms with Crippen LogP contribution in [0.4, 0.5) is 5.82 Å². The Morgan fingerprint density at radius 1 is 1.10 bits per heavy atom. The molecule has 0 amide bonds. The van der Waals surface area contributed by atoms with Crippen molar-refractivity contribution in [2.45, 2.75) is 6.92 Å². The molecule has 2 aromatic carbocycles. The SMILES string of the molecule is Cc1nc(-c2ccc3ccccc3c2)nc(N)c1C(=O)O. The molecule has 104 valence electrons. The van der Waals surface area contributed by atoms with Crippen LogP contribution in [0.5, 0.6) is 0 Å². The Morgan fingerprint density at radius 3 is 2.48 bits per heavy atom. The van der Waals surface area contributed by atoms with Crippen molar-refractivity contribution < 1.29 is 9.90 Å². The Bertz CT molecular complexity index is 836. The maximum atomic E-state index is 11.1. The summed E-state index contributed by atoms with van der Waals surface area (Å²) in [5.41, 5.74) is 6.86. The van der Waals surface area contributed by atoms with Crippen molar-refractivity contribution in [3.8, 4) is 11.4 Å². The van der Waals surface area contributed by atoms with E-state index >= 15 is 0 Å². The third kappa shape index (κ3) is 2.29. The quantitative estimate of drug-likeness (QED) is 0.753. The van der Waals surface area contributed by atoms with Gasteiger partial charge in [0.15, 0.2) is 5.82 Å². The molecule has 5 nitrogen and oxygen atoms in total. The van der Waals surface area contributed by atoms with Crippen molar-refractivity contribution in [3.63, 3.8) is 0 Å². The van der Waals surface area contributed by atoms with Gasteiger partial charge in [0.2, 0.25) is 0 Å². The minimum atomic E-state index is -1.12. The molecule has 0 bridgehead atoms. The molecular weight excluding hydrogens is 266 g/mol. The molecular formula is C16H13N3O2. The molecule has 0 spiro atoms. The summed E-state index contributed by atoms with van der Waals surface area (Å²) in [7, 11) is 0. The van der Waals surface area contributed by atoms with Crippen LogP contribution in [0.2, 0.25) is 0 Å². The molecule has 3 rings (SSSR count). The van der Waals surface area contributed by atoms with Crippen molar-refractivity contribution in [3.05, 3.63) is 53.7 Å². The van der Waals surface area contributed by atoms with Crippen molar-refractivity contribution in [1.29, 1.82) is 0 Å². The Morgan fingerprint density at radius 2 is 1.81 bits per heavy atom. The van der Waals surface area contributed by atoms with Gasteiger partial charge in [-0.3, -0.25) is 0 Å². The minimum Gasteiger partial charge on any atom is -0.477 e. The fourth-order valence-electron chi connectivity index (χ4n) is 2.32. The van der Waals surface area contributed by atoms with Crippen LogP contribution >= 0.6 is 0 Å². The number of hydrogen-bond acceptors (Lipinski definition) is 4. The number of rotatable bonds is 2. The molecule has 0 saturated carbocycles. The van der Waals surface area contributed by atoms with Gasteiger partial charge in [0.05, 0.1) is 5.69 Å². The normalized spacial score (nSPS) is 10.7. The number of carboxylic acids is 1. The summed E-state index contributed by atoms with van der Waals surface area (Å²) in [4.78, 5) is 19.5. The average Bonchev–Trinajstić information content (AvgIpc) is 2.45. The van der Waals surface area contributed by atoms with E-state index in [0.717, 1.165) is 16.3 Å². The van der Waals surface area contributed by atoms with E-state index in [4.69, 9.17) is 10.8 Å². The van der Waals surface area contributed by atoms with E-state index in [2.05, 4.69) is 9.97 Å². The van der Waals surface area contributed by atoms with Crippen LogP contribution in [0.25, 0.3) is 22.2 Å². The summed E-state index contributed by atoms with van der Waals surface area (Å²) in [5, 5.41) is 11.3. The van der Waals surface area contributed by atoms with Gasteiger partial charge in [-0.15, -0.1) is 0 Å². The van der Waals surface area contributed by atoms with Crippen molar-refractivity contribution in [2.75, 3.05) is 5.73 Å². The third-order valence-electron chi connectivity index (χ3n) is 3.34. The Balaban J connectivity index is 2.16. The largest absolute Gasteiger partial charge is 0.477 e. The highest BCUT2D eigenvalue weighted by atomic mass is 16.4. The highest BCUT2D eigenvalue weighted by Crippen LogP contribution is 2.24. The lowest BCUT2D eigenvalue weighted by Gasteiger charge is -2.08. The second-order valence-electron chi connectivity index (χ2n) is 4.76. The lowest BCUT2D eigenvalue weighted by atomic mass is 10.1. The maximum absolute atomic E-state index is 11.1. The van der Waals surface area contributed by atoms with Crippen molar-refractivity contribution >= 4 is 22.6 Å². The van der Waals surface area contributed by atoms with Gasteiger partial charge in [-0.25, -0.2) is 14.8 Å². The zero-order valence-corrected chi connectivity index (χ0v) is 11.4. The predicted octanol–water partition coefficient (Wildman–Crippen LogP) is 2.89. The first-order chi connectivity index (χ1) is 10.1. The number of carbonyl (C=O) groups is 1. The monoisotopic (exact) mass is 279 g/mol. The second kappa shape index (κ2) is 4.86. The van der Waals surface area contributed by atoms with Gasteiger partial charge in [0, 0.05) is 5.56 Å². The standard InChI is InChI=1S/C16H13N3O2/c1-9-13(16(20)21)14(17)19-15(18-9)12-7-6-10-4-2-3-5-11(10)8-12/h2-8H,1H3,(H,20,21)(H2,17,18,19). The van der Waals surface area contributed by atoms with Gasteiger partial charge in [0.1, 0.15) is 11.4 Å². The summed E-state index contributed by atoms with van der Waals surface area (Å²) < 4.78 is 0. The van der Waals surface area contributed by atoms with Crippen LogP contribution in [-0.2, 0) is 0 Å². The number of nitrogen functional groups attached to an aromatic ring is 1. The topological polar surface area (TPSA) is 89.1 Å². The molecule has 0 aliphatic rings. The highest BCUT2D eigenvalue weighted by Gasteiger charge is 2.16. The third-order valence-corrected chi connectivity index (χ3v) is 3.34. The number of aromatic carboxylic acids is 1. The van der Waals surface area contributed by atoms with E-state index in [1.54, 1.807) is 6.92 Å². The van der Waals surface area contributed by atoms with Gasteiger partial charge in [-0.1, -0.05) is 36.4 Å². The number of nitrogens with zero attached hydrogens (tertiary/aromatic N) is 2. The molecule has 0 fully saturated rings. The van der Waals surface area contributed by atoms with Gasteiger partial charge >= 0.3 is 5.97 Å². The molecule has 5 heteroatoms. The number of carboxylic acid groups (broad SMARTS) is 1. The molecule has 21 heavy (non-hydrogen) atoms. The zero-order valence-electron chi connectivity index (χ0n) is 11.4. The molecule has 0 unspecified atom stereocenters. The minimum absolute atomic E-state index is 0.0156. The molecule has 3 N–H and O–H groups in total.